The molecule has 1 aliphatic heterocycles. The minimum atomic E-state index is -3.65. The number of nitrogens with zero attached hydrogens (tertiary/aromatic N) is 1. The molecule has 0 radical (unpaired) electrons. The first kappa shape index (κ1) is 19.2. The zero-order valence-electron chi connectivity index (χ0n) is 15.9. The van der Waals surface area contributed by atoms with Gasteiger partial charge in [0.15, 0.2) is 0 Å². The van der Waals surface area contributed by atoms with Crippen molar-refractivity contribution in [2.75, 3.05) is 11.3 Å². The number of carbonyl (C=O) groups excluding carboxylic acids is 1. The van der Waals surface area contributed by atoms with E-state index in [0.29, 0.717) is 11.3 Å². The molecule has 1 fully saturated rings. The summed E-state index contributed by atoms with van der Waals surface area (Å²) in [6.45, 7) is 0.723. The Labute approximate surface area is 171 Å². The summed E-state index contributed by atoms with van der Waals surface area (Å²) in [5, 5.41) is 0. The van der Waals surface area contributed by atoms with Crippen LogP contribution in [0.1, 0.15) is 34.8 Å². The van der Waals surface area contributed by atoms with Crippen LogP contribution in [0.2, 0.25) is 0 Å². The molecule has 1 saturated heterocycles. The van der Waals surface area contributed by atoms with Crippen molar-refractivity contribution < 1.29 is 13.2 Å². The first-order chi connectivity index (χ1) is 14.0. The molecular weight excluding hydrogens is 384 g/mol. The number of hydrogen-bond acceptors (Lipinski definition) is 3. The average molecular weight is 407 g/mol. The number of likely N-dealkylation sites (tertiary alicyclic amines) is 1. The van der Waals surface area contributed by atoms with Gasteiger partial charge in [0.2, 0.25) is 0 Å². The fraction of sp³-hybridized carbons (Fsp3) is 0.174. The molecule has 0 aromatic heterocycles. The Bertz CT molecular complexity index is 1080. The summed E-state index contributed by atoms with van der Waals surface area (Å²) in [7, 11) is -3.65. The molecule has 3 aromatic rings. The number of rotatable bonds is 5. The molecule has 6 heteroatoms. The first-order valence-electron chi connectivity index (χ1n) is 9.58. The molecule has 1 atom stereocenters. The van der Waals surface area contributed by atoms with Crippen molar-refractivity contribution in [1.29, 1.82) is 0 Å². The van der Waals surface area contributed by atoms with E-state index < -0.39 is 10.0 Å². The third kappa shape index (κ3) is 4.17. The third-order valence-electron chi connectivity index (χ3n) is 5.14. The van der Waals surface area contributed by atoms with Gasteiger partial charge < -0.3 is 4.90 Å². The van der Waals surface area contributed by atoms with Gasteiger partial charge in [0.1, 0.15) is 0 Å². The minimum absolute atomic E-state index is 0.0335. The summed E-state index contributed by atoms with van der Waals surface area (Å²) < 4.78 is 27.4. The van der Waals surface area contributed by atoms with E-state index in [1.807, 2.05) is 23.1 Å². The van der Waals surface area contributed by atoms with E-state index in [0.717, 1.165) is 24.9 Å². The maximum atomic E-state index is 13.0. The molecule has 1 N–H and O–H groups in total. The van der Waals surface area contributed by atoms with E-state index in [1.165, 1.54) is 12.1 Å². The van der Waals surface area contributed by atoms with Gasteiger partial charge in [-0.3, -0.25) is 9.52 Å². The second kappa shape index (κ2) is 8.09. The van der Waals surface area contributed by atoms with Crippen molar-refractivity contribution in [2.24, 2.45) is 0 Å². The molecular formula is C23H22N2O3S. The lowest BCUT2D eigenvalue weighted by Crippen LogP contribution is -2.30. The van der Waals surface area contributed by atoms with Crippen molar-refractivity contribution in [3.8, 4) is 0 Å². The fourth-order valence-corrected chi connectivity index (χ4v) is 4.77. The molecule has 0 aliphatic carbocycles. The Balaban J connectivity index is 1.50. The Morgan fingerprint density at radius 2 is 1.48 bits per heavy atom. The van der Waals surface area contributed by atoms with Crippen molar-refractivity contribution in [2.45, 2.75) is 23.8 Å². The second-order valence-electron chi connectivity index (χ2n) is 7.06. The zero-order chi connectivity index (χ0) is 20.3. The van der Waals surface area contributed by atoms with Crippen LogP contribution in [0.3, 0.4) is 0 Å². The monoisotopic (exact) mass is 406 g/mol. The van der Waals surface area contributed by atoms with Gasteiger partial charge >= 0.3 is 0 Å². The molecule has 0 bridgehead atoms. The maximum absolute atomic E-state index is 13.0. The van der Waals surface area contributed by atoms with Crippen LogP contribution in [-0.2, 0) is 10.0 Å². The Morgan fingerprint density at radius 3 is 2.14 bits per heavy atom. The molecule has 29 heavy (non-hydrogen) atoms. The van der Waals surface area contributed by atoms with Crippen molar-refractivity contribution in [3.63, 3.8) is 0 Å². The van der Waals surface area contributed by atoms with E-state index in [4.69, 9.17) is 0 Å². The number of sulfonamides is 1. The van der Waals surface area contributed by atoms with Crippen LogP contribution in [0.5, 0.6) is 0 Å². The number of nitrogens with one attached hydrogen (secondary N) is 1. The van der Waals surface area contributed by atoms with Crippen LogP contribution in [0.15, 0.2) is 89.8 Å². The number of amides is 1. The zero-order valence-corrected chi connectivity index (χ0v) is 16.7. The van der Waals surface area contributed by atoms with E-state index in [9.17, 15) is 13.2 Å². The van der Waals surface area contributed by atoms with E-state index >= 15 is 0 Å². The molecule has 4 rings (SSSR count). The summed E-state index contributed by atoms with van der Waals surface area (Å²) in [4.78, 5) is 15.1. The number of carbonyl (C=O) groups is 1. The van der Waals surface area contributed by atoms with Crippen LogP contribution >= 0.6 is 0 Å². The normalized spacial score (nSPS) is 16.6. The lowest BCUT2D eigenvalue weighted by Gasteiger charge is -2.25. The summed E-state index contributed by atoms with van der Waals surface area (Å²) in [5.41, 5.74) is 2.12. The molecule has 1 amide bonds. The van der Waals surface area contributed by atoms with Gasteiger partial charge in [-0.1, -0.05) is 48.5 Å². The fourth-order valence-electron chi connectivity index (χ4n) is 3.69. The molecule has 3 aromatic carbocycles. The van der Waals surface area contributed by atoms with Gasteiger partial charge in [0.05, 0.1) is 10.9 Å². The average Bonchev–Trinajstić information content (AvgIpc) is 3.25. The maximum Gasteiger partial charge on any atom is 0.261 e. The van der Waals surface area contributed by atoms with Crippen molar-refractivity contribution in [1.82, 2.24) is 4.90 Å². The number of benzene rings is 3. The van der Waals surface area contributed by atoms with Crippen LogP contribution in [0, 0.1) is 0 Å². The van der Waals surface area contributed by atoms with Gasteiger partial charge in [-0.2, -0.15) is 0 Å². The molecule has 5 nitrogen and oxygen atoms in total. The van der Waals surface area contributed by atoms with Gasteiger partial charge in [-0.25, -0.2) is 8.42 Å². The third-order valence-corrected chi connectivity index (χ3v) is 6.53. The minimum Gasteiger partial charge on any atom is -0.332 e. The topological polar surface area (TPSA) is 66.5 Å². The summed E-state index contributed by atoms with van der Waals surface area (Å²) in [6, 6.07) is 24.9. The standard InChI is InChI=1S/C23H22N2O3S/c26-23(25-17-7-12-22(25)18-8-3-1-4-9-18)19-13-15-20(16-14-19)24-29(27,28)21-10-5-2-6-11-21/h1-6,8-11,13-16,22,24H,7,12,17H2/t22-/m0/s1. The predicted molar refractivity (Wildman–Crippen MR) is 113 cm³/mol. The smallest absolute Gasteiger partial charge is 0.261 e. The van der Waals surface area contributed by atoms with Crippen molar-refractivity contribution in [3.05, 3.63) is 96.1 Å². The van der Waals surface area contributed by atoms with Crippen molar-refractivity contribution >= 4 is 21.6 Å². The molecule has 0 saturated carbocycles. The van der Waals surface area contributed by atoms with E-state index in [2.05, 4.69) is 16.9 Å². The second-order valence-corrected chi connectivity index (χ2v) is 8.75. The summed E-state index contributed by atoms with van der Waals surface area (Å²) in [5.74, 6) is -0.0335. The summed E-state index contributed by atoms with van der Waals surface area (Å²) in [6.07, 6.45) is 1.92. The molecule has 1 aliphatic rings. The Morgan fingerprint density at radius 1 is 0.862 bits per heavy atom. The van der Waals surface area contributed by atoms with Crippen LogP contribution in [0.4, 0.5) is 5.69 Å². The molecule has 148 valence electrons. The van der Waals surface area contributed by atoms with Crippen LogP contribution < -0.4 is 4.72 Å². The SMILES string of the molecule is O=C(c1ccc(NS(=O)(=O)c2ccccc2)cc1)N1CCC[C@H]1c1ccccc1. The number of anilines is 1. The largest absolute Gasteiger partial charge is 0.332 e. The highest BCUT2D eigenvalue weighted by molar-refractivity contribution is 7.92. The van der Waals surface area contributed by atoms with Gasteiger partial charge in [-0.05, 0) is 54.8 Å². The quantitative estimate of drug-likeness (QED) is 0.680. The predicted octanol–water partition coefficient (Wildman–Crippen LogP) is 4.46. The lowest BCUT2D eigenvalue weighted by atomic mass is 10.0. The molecule has 0 spiro atoms. The highest BCUT2D eigenvalue weighted by atomic mass is 32.2. The highest BCUT2D eigenvalue weighted by Crippen LogP contribution is 2.33. The highest BCUT2D eigenvalue weighted by Gasteiger charge is 2.30. The first-order valence-corrected chi connectivity index (χ1v) is 11.1. The number of hydrogen-bond donors (Lipinski definition) is 1. The van der Waals surface area contributed by atoms with Crippen LogP contribution in [0.25, 0.3) is 0 Å². The van der Waals surface area contributed by atoms with Gasteiger partial charge in [0.25, 0.3) is 15.9 Å². The van der Waals surface area contributed by atoms with Gasteiger partial charge in [-0.15, -0.1) is 0 Å². The lowest BCUT2D eigenvalue weighted by molar-refractivity contribution is 0.0735. The van der Waals surface area contributed by atoms with E-state index in [1.54, 1.807) is 42.5 Å². The molecule has 1 heterocycles. The Hall–Kier alpha value is -3.12. The van der Waals surface area contributed by atoms with Gasteiger partial charge in [0, 0.05) is 17.8 Å². The summed E-state index contributed by atoms with van der Waals surface area (Å²) >= 11 is 0. The Kier molecular flexibility index (Phi) is 5.36. The molecule has 0 unspecified atom stereocenters. The van der Waals surface area contributed by atoms with E-state index in [-0.39, 0.29) is 16.8 Å². The van der Waals surface area contributed by atoms with Crippen LogP contribution in [-0.4, -0.2) is 25.8 Å².